The number of amides is 1. The fourth-order valence-corrected chi connectivity index (χ4v) is 4.58. The number of piperidine rings is 1. The molecule has 1 N–H and O–H groups in total. The van der Waals surface area contributed by atoms with Crippen LogP contribution in [0.15, 0.2) is 42.5 Å². The third-order valence-corrected chi connectivity index (χ3v) is 6.27. The third-order valence-electron chi connectivity index (χ3n) is 6.27. The predicted molar refractivity (Wildman–Crippen MR) is 118 cm³/mol. The van der Waals surface area contributed by atoms with Gasteiger partial charge in [-0.1, -0.05) is 12.1 Å². The topological polar surface area (TPSA) is 50.8 Å². The maximum absolute atomic E-state index is 13.1. The van der Waals surface area contributed by atoms with Crippen LogP contribution in [0.3, 0.4) is 0 Å². The van der Waals surface area contributed by atoms with Crippen LogP contribution in [0.25, 0.3) is 0 Å². The first-order valence-electron chi connectivity index (χ1n) is 11.0. The Labute approximate surface area is 183 Å². The molecular weight excluding hydrogens is 395 g/mol. The standard InChI is InChI=1S/C25H31FN2O3/c1-25(2)15-22(21-9-8-20(30-3)14-23(21)31-25)27-24(29)18-10-12-28(13-11-18)16-17-4-6-19(26)7-5-17/h4-9,14,18,22H,10-13,15-16H2,1-3H3,(H,27,29)/t22-/m0/s1. The summed E-state index contributed by atoms with van der Waals surface area (Å²) in [7, 11) is 1.64. The molecule has 2 aliphatic heterocycles. The Kier molecular flexibility index (Phi) is 6.19. The van der Waals surface area contributed by atoms with E-state index in [1.54, 1.807) is 7.11 Å². The summed E-state index contributed by atoms with van der Waals surface area (Å²) < 4.78 is 24.6. The molecule has 1 saturated heterocycles. The summed E-state index contributed by atoms with van der Waals surface area (Å²) in [5.41, 5.74) is 1.73. The number of benzene rings is 2. The summed E-state index contributed by atoms with van der Waals surface area (Å²) in [6.07, 6.45) is 2.38. The number of methoxy groups -OCH3 is 1. The van der Waals surface area contributed by atoms with Crippen molar-refractivity contribution < 1.29 is 18.7 Å². The quantitative estimate of drug-likeness (QED) is 0.767. The van der Waals surface area contributed by atoms with Gasteiger partial charge in [0.05, 0.1) is 13.2 Å². The fourth-order valence-electron chi connectivity index (χ4n) is 4.58. The van der Waals surface area contributed by atoms with Crippen LogP contribution in [0.1, 0.15) is 50.3 Å². The minimum Gasteiger partial charge on any atom is -0.497 e. The molecule has 1 amide bonds. The molecule has 1 atom stereocenters. The third kappa shape index (κ3) is 5.18. The molecule has 2 aliphatic rings. The van der Waals surface area contributed by atoms with Crippen molar-refractivity contribution in [1.29, 1.82) is 0 Å². The van der Waals surface area contributed by atoms with Crippen molar-refractivity contribution >= 4 is 5.91 Å². The van der Waals surface area contributed by atoms with Gasteiger partial charge in [0, 0.05) is 30.5 Å². The average Bonchev–Trinajstić information content (AvgIpc) is 2.74. The summed E-state index contributed by atoms with van der Waals surface area (Å²) in [5, 5.41) is 3.29. The Morgan fingerprint density at radius 3 is 2.58 bits per heavy atom. The number of likely N-dealkylation sites (tertiary alicyclic amines) is 1. The van der Waals surface area contributed by atoms with Crippen molar-refractivity contribution in [2.24, 2.45) is 5.92 Å². The first-order chi connectivity index (χ1) is 14.8. The van der Waals surface area contributed by atoms with Crippen molar-refractivity contribution in [2.75, 3.05) is 20.2 Å². The largest absolute Gasteiger partial charge is 0.497 e. The maximum Gasteiger partial charge on any atom is 0.223 e. The summed E-state index contributed by atoms with van der Waals surface area (Å²) in [6.45, 7) is 6.61. The van der Waals surface area contributed by atoms with Gasteiger partial charge in [-0.25, -0.2) is 4.39 Å². The summed E-state index contributed by atoms with van der Waals surface area (Å²) in [4.78, 5) is 15.4. The van der Waals surface area contributed by atoms with E-state index in [2.05, 4.69) is 10.2 Å². The number of halogens is 1. The van der Waals surface area contributed by atoms with Crippen LogP contribution in [0.5, 0.6) is 11.5 Å². The molecule has 31 heavy (non-hydrogen) atoms. The molecule has 2 aromatic rings. The summed E-state index contributed by atoms with van der Waals surface area (Å²) in [6, 6.07) is 12.4. The van der Waals surface area contributed by atoms with E-state index >= 15 is 0 Å². The Balaban J connectivity index is 1.36. The zero-order valence-corrected chi connectivity index (χ0v) is 18.5. The van der Waals surface area contributed by atoms with Gasteiger partial charge >= 0.3 is 0 Å². The lowest BCUT2D eigenvalue weighted by Gasteiger charge is -2.39. The smallest absolute Gasteiger partial charge is 0.223 e. The highest BCUT2D eigenvalue weighted by Gasteiger charge is 2.36. The summed E-state index contributed by atoms with van der Waals surface area (Å²) >= 11 is 0. The number of carbonyl (C=O) groups is 1. The number of rotatable bonds is 5. The van der Waals surface area contributed by atoms with E-state index < -0.39 is 0 Å². The van der Waals surface area contributed by atoms with E-state index in [-0.39, 0.29) is 29.3 Å². The van der Waals surface area contributed by atoms with Crippen molar-refractivity contribution in [3.63, 3.8) is 0 Å². The molecule has 0 saturated carbocycles. The van der Waals surface area contributed by atoms with E-state index in [9.17, 15) is 9.18 Å². The van der Waals surface area contributed by atoms with Gasteiger partial charge in [-0.3, -0.25) is 9.69 Å². The Bertz CT molecular complexity index is 921. The number of carbonyl (C=O) groups excluding carboxylic acids is 1. The zero-order valence-electron chi connectivity index (χ0n) is 18.5. The van der Waals surface area contributed by atoms with Gasteiger partial charge in [0.25, 0.3) is 0 Å². The molecule has 0 bridgehead atoms. The lowest BCUT2D eigenvalue weighted by Crippen LogP contribution is -2.45. The molecular formula is C25H31FN2O3. The Hall–Kier alpha value is -2.60. The molecule has 0 spiro atoms. The van der Waals surface area contributed by atoms with Crippen molar-refractivity contribution in [3.8, 4) is 11.5 Å². The predicted octanol–water partition coefficient (Wildman–Crippen LogP) is 4.46. The minimum atomic E-state index is -0.365. The number of ether oxygens (including phenoxy) is 2. The Morgan fingerprint density at radius 2 is 1.90 bits per heavy atom. The first-order valence-corrected chi connectivity index (χ1v) is 11.0. The highest BCUT2D eigenvalue weighted by Crippen LogP contribution is 2.41. The molecule has 5 nitrogen and oxygen atoms in total. The van der Waals surface area contributed by atoms with E-state index in [0.717, 1.165) is 61.5 Å². The first kappa shape index (κ1) is 21.6. The van der Waals surface area contributed by atoms with Gasteiger partial charge in [0.2, 0.25) is 5.91 Å². The van der Waals surface area contributed by atoms with Crippen molar-refractivity contribution in [2.45, 2.75) is 51.3 Å². The van der Waals surface area contributed by atoms with E-state index in [1.165, 1.54) is 12.1 Å². The van der Waals surface area contributed by atoms with Crippen LogP contribution in [0, 0.1) is 11.7 Å². The van der Waals surface area contributed by atoms with Gasteiger partial charge in [-0.2, -0.15) is 0 Å². The number of nitrogens with one attached hydrogen (secondary N) is 1. The average molecular weight is 427 g/mol. The van der Waals surface area contributed by atoms with Crippen LogP contribution >= 0.6 is 0 Å². The van der Waals surface area contributed by atoms with Crippen LogP contribution < -0.4 is 14.8 Å². The van der Waals surface area contributed by atoms with E-state index in [4.69, 9.17) is 9.47 Å². The molecule has 0 aliphatic carbocycles. The van der Waals surface area contributed by atoms with Crippen LogP contribution in [0.2, 0.25) is 0 Å². The van der Waals surface area contributed by atoms with E-state index in [1.807, 2.05) is 44.2 Å². The highest BCUT2D eigenvalue weighted by atomic mass is 19.1. The molecule has 0 aromatic heterocycles. The van der Waals surface area contributed by atoms with Gasteiger partial charge in [-0.15, -0.1) is 0 Å². The van der Waals surface area contributed by atoms with Crippen LogP contribution in [-0.4, -0.2) is 36.6 Å². The second kappa shape index (κ2) is 8.87. The second-order valence-electron chi connectivity index (χ2n) is 9.21. The monoisotopic (exact) mass is 426 g/mol. The molecule has 1 fully saturated rings. The van der Waals surface area contributed by atoms with Gasteiger partial charge in [0.1, 0.15) is 22.9 Å². The number of nitrogens with zero attached hydrogens (tertiary/aromatic N) is 1. The molecule has 4 rings (SSSR count). The van der Waals surface area contributed by atoms with Gasteiger partial charge in [-0.05, 0) is 69.6 Å². The van der Waals surface area contributed by atoms with Crippen LogP contribution in [0.4, 0.5) is 4.39 Å². The fraction of sp³-hybridized carbons (Fsp3) is 0.480. The number of hydrogen-bond donors (Lipinski definition) is 1. The highest BCUT2D eigenvalue weighted by molar-refractivity contribution is 5.79. The van der Waals surface area contributed by atoms with Gasteiger partial charge < -0.3 is 14.8 Å². The molecule has 6 heteroatoms. The van der Waals surface area contributed by atoms with Crippen LogP contribution in [-0.2, 0) is 11.3 Å². The zero-order chi connectivity index (χ0) is 22.0. The molecule has 2 heterocycles. The van der Waals surface area contributed by atoms with Gasteiger partial charge in [0.15, 0.2) is 0 Å². The SMILES string of the molecule is COc1ccc2c(c1)OC(C)(C)C[C@@H]2NC(=O)C1CCN(Cc2ccc(F)cc2)CC1. The molecule has 0 unspecified atom stereocenters. The molecule has 0 radical (unpaired) electrons. The molecule has 166 valence electrons. The number of hydrogen-bond acceptors (Lipinski definition) is 4. The lowest BCUT2D eigenvalue weighted by atomic mass is 9.88. The minimum absolute atomic E-state index is 0.0112. The number of fused-ring (bicyclic) bond motifs is 1. The van der Waals surface area contributed by atoms with Crippen molar-refractivity contribution in [1.82, 2.24) is 10.2 Å². The normalized spacial score (nSPS) is 21.1. The summed E-state index contributed by atoms with van der Waals surface area (Å²) in [5.74, 6) is 1.43. The maximum atomic E-state index is 13.1. The van der Waals surface area contributed by atoms with E-state index in [0.29, 0.717) is 0 Å². The second-order valence-corrected chi connectivity index (χ2v) is 9.21. The van der Waals surface area contributed by atoms with Crippen molar-refractivity contribution in [3.05, 3.63) is 59.4 Å². The lowest BCUT2D eigenvalue weighted by molar-refractivity contribution is -0.127. The Morgan fingerprint density at radius 1 is 1.19 bits per heavy atom. The molecule has 2 aromatic carbocycles.